The van der Waals surface area contributed by atoms with Crippen LogP contribution in [0.15, 0.2) is 54.6 Å². The van der Waals surface area contributed by atoms with Crippen LogP contribution in [0.1, 0.15) is 9.67 Å². The summed E-state index contributed by atoms with van der Waals surface area (Å²) in [5, 5.41) is 5.12. The van der Waals surface area contributed by atoms with E-state index in [1.54, 1.807) is 67.4 Å². The highest BCUT2D eigenvalue weighted by Gasteiger charge is 2.20. The number of benzene rings is 2. The molecule has 0 bridgehead atoms. The molecule has 2 heterocycles. The molecule has 27 heavy (non-hydrogen) atoms. The van der Waals surface area contributed by atoms with Crippen LogP contribution in [0, 0.1) is 5.82 Å². The summed E-state index contributed by atoms with van der Waals surface area (Å²) in [4.78, 5) is 13.7. The highest BCUT2D eigenvalue weighted by atomic mass is 32.1. The van der Waals surface area contributed by atoms with E-state index in [9.17, 15) is 9.18 Å². The van der Waals surface area contributed by atoms with Crippen LogP contribution in [0.5, 0.6) is 11.5 Å². The van der Waals surface area contributed by atoms with Crippen LogP contribution in [0.25, 0.3) is 21.5 Å². The van der Waals surface area contributed by atoms with Gasteiger partial charge in [0.05, 0.1) is 7.11 Å². The van der Waals surface area contributed by atoms with Gasteiger partial charge in [-0.15, -0.1) is 11.3 Å². The number of esters is 1. The quantitative estimate of drug-likeness (QED) is 0.380. The lowest BCUT2D eigenvalue weighted by Crippen LogP contribution is -2.06. The molecular formula is C20H15FN2O3S. The zero-order chi connectivity index (χ0) is 19.0. The Morgan fingerprint density at radius 2 is 1.89 bits per heavy atom. The largest absolute Gasteiger partial charge is 0.497 e. The molecule has 2 aromatic carbocycles. The molecule has 0 amide bonds. The van der Waals surface area contributed by atoms with Crippen LogP contribution in [-0.2, 0) is 7.05 Å². The molecule has 0 aliphatic heterocycles. The second kappa shape index (κ2) is 6.85. The van der Waals surface area contributed by atoms with Crippen molar-refractivity contribution in [2.75, 3.05) is 7.11 Å². The molecule has 0 spiro atoms. The number of carbonyl (C=O) groups is 1. The van der Waals surface area contributed by atoms with Gasteiger partial charge in [0.25, 0.3) is 0 Å². The lowest BCUT2D eigenvalue weighted by atomic mass is 10.1. The molecular weight excluding hydrogens is 367 g/mol. The van der Waals surface area contributed by atoms with Gasteiger partial charge in [-0.1, -0.05) is 18.2 Å². The lowest BCUT2D eigenvalue weighted by Gasteiger charge is -2.04. The first-order chi connectivity index (χ1) is 13.1. The fourth-order valence-corrected chi connectivity index (χ4v) is 3.76. The maximum atomic E-state index is 14.2. The minimum Gasteiger partial charge on any atom is -0.497 e. The Morgan fingerprint density at radius 1 is 1.11 bits per heavy atom. The van der Waals surface area contributed by atoms with E-state index >= 15 is 0 Å². The first-order valence-electron chi connectivity index (χ1n) is 8.14. The van der Waals surface area contributed by atoms with Crippen molar-refractivity contribution in [3.05, 3.63) is 65.3 Å². The number of hydrogen-bond acceptors (Lipinski definition) is 5. The van der Waals surface area contributed by atoms with Crippen LogP contribution in [0.2, 0.25) is 0 Å². The van der Waals surface area contributed by atoms with Crippen molar-refractivity contribution in [1.29, 1.82) is 0 Å². The Kier molecular flexibility index (Phi) is 4.37. The maximum absolute atomic E-state index is 14.2. The van der Waals surface area contributed by atoms with Gasteiger partial charge < -0.3 is 9.47 Å². The topological polar surface area (TPSA) is 53.4 Å². The Morgan fingerprint density at radius 3 is 2.67 bits per heavy atom. The van der Waals surface area contributed by atoms with Gasteiger partial charge in [0.1, 0.15) is 32.7 Å². The van der Waals surface area contributed by atoms with Gasteiger partial charge in [-0.05, 0) is 30.3 Å². The van der Waals surface area contributed by atoms with Gasteiger partial charge in [0.2, 0.25) is 0 Å². The molecule has 0 atom stereocenters. The Bertz CT molecular complexity index is 1150. The van der Waals surface area contributed by atoms with Crippen molar-refractivity contribution in [3.63, 3.8) is 0 Å². The van der Waals surface area contributed by atoms with Crippen LogP contribution in [0.4, 0.5) is 4.39 Å². The van der Waals surface area contributed by atoms with E-state index in [2.05, 4.69) is 5.10 Å². The molecule has 5 nitrogen and oxygen atoms in total. The SMILES string of the molecule is COc1cccc(OC(=O)c2cc3c(-c4ccccc4F)nn(C)c3s2)c1. The van der Waals surface area contributed by atoms with E-state index in [0.717, 1.165) is 4.83 Å². The predicted molar refractivity (Wildman–Crippen MR) is 102 cm³/mol. The summed E-state index contributed by atoms with van der Waals surface area (Å²) >= 11 is 1.25. The smallest absolute Gasteiger partial charge is 0.353 e. The number of thiophene rings is 1. The van der Waals surface area contributed by atoms with E-state index in [4.69, 9.17) is 9.47 Å². The average molecular weight is 382 g/mol. The minimum atomic E-state index is -0.482. The third-order valence-electron chi connectivity index (χ3n) is 4.09. The Hall–Kier alpha value is -3.19. The molecule has 7 heteroatoms. The van der Waals surface area contributed by atoms with E-state index in [-0.39, 0.29) is 5.82 Å². The summed E-state index contributed by atoms with van der Waals surface area (Å²) in [7, 11) is 3.31. The number of carbonyl (C=O) groups excluding carboxylic acids is 1. The lowest BCUT2D eigenvalue weighted by molar-refractivity contribution is 0.0739. The number of nitrogens with zero attached hydrogens (tertiary/aromatic N) is 2. The minimum absolute atomic E-state index is 0.357. The van der Waals surface area contributed by atoms with Crippen LogP contribution < -0.4 is 9.47 Å². The van der Waals surface area contributed by atoms with Gasteiger partial charge in [-0.2, -0.15) is 5.10 Å². The van der Waals surface area contributed by atoms with Crippen molar-refractivity contribution in [2.24, 2.45) is 7.05 Å². The van der Waals surface area contributed by atoms with Crippen LogP contribution in [0.3, 0.4) is 0 Å². The van der Waals surface area contributed by atoms with Crippen molar-refractivity contribution in [1.82, 2.24) is 9.78 Å². The van der Waals surface area contributed by atoms with Gasteiger partial charge >= 0.3 is 5.97 Å². The first kappa shape index (κ1) is 17.2. The first-order valence-corrected chi connectivity index (χ1v) is 8.96. The van der Waals surface area contributed by atoms with Gasteiger partial charge in [0, 0.05) is 24.1 Å². The van der Waals surface area contributed by atoms with Gasteiger partial charge in [-0.3, -0.25) is 4.68 Å². The summed E-state index contributed by atoms with van der Waals surface area (Å²) in [5.74, 6) is 0.153. The fourth-order valence-electron chi connectivity index (χ4n) is 2.82. The standard InChI is InChI=1S/C20H15FN2O3S/c1-23-19-15(18(22-23)14-8-3-4-9-16(14)21)11-17(27-19)20(24)26-13-7-5-6-12(10-13)25-2/h3-11H,1-2H3. The number of halogens is 1. The van der Waals surface area contributed by atoms with E-state index < -0.39 is 5.97 Å². The molecule has 0 unspecified atom stereocenters. The van der Waals surface area contributed by atoms with E-state index in [0.29, 0.717) is 33.0 Å². The molecule has 2 aromatic heterocycles. The molecule has 0 saturated heterocycles. The number of aryl methyl sites for hydroxylation is 1. The van der Waals surface area contributed by atoms with E-state index in [1.165, 1.54) is 17.4 Å². The molecule has 136 valence electrons. The number of methoxy groups -OCH3 is 1. The molecule has 4 rings (SSSR count). The predicted octanol–water partition coefficient (Wildman–Crippen LogP) is 4.67. The molecule has 0 aliphatic rings. The van der Waals surface area contributed by atoms with E-state index in [1.807, 2.05) is 0 Å². The summed E-state index contributed by atoms with van der Waals surface area (Å²) in [6, 6.07) is 15.0. The fraction of sp³-hybridized carbons (Fsp3) is 0.100. The summed E-state index contributed by atoms with van der Waals surface area (Å²) in [5.41, 5.74) is 0.899. The van der Waals surface area contributed by atoms with Gasteiger partial charge in [0.15, 0.2) is 0 Å². The maximum Gasteiger partial charge on any atom is 0.353 e. The number of rotatable bonds is 4. The highest BCUT2D eigenvalue weighted by molar-refractivity contribution is 7.20. The second-order valence-corrected chi connectivity index (χ2v) is 6.88. The van der Waals surface area contributed by atoms with Crippen LogP contribution in [-0.4, -0.2) is 22.9 Å². The molecule has 0 saturated carbocycles. The summed E-state index contributed by atoms with van der Waals surface area (Å²) in [6.07, 6.45) is 0. The van der Waals surface area contributed by atoms with Crippen molar-refractivity contribution >= 4 is 27.5 Å². The molecule has 0 fully saturated rings. The number of fused-ring (bicyclic) bond motifs is 1. The van der Waals surface area contributed by atoms with Crippen molar-refractivity contribution in [2.45, 2.75) is 0 Å². The normalized spacial score (nSPS) is 10.9. The molecule has 4 aromatic rings. The monoisotopic (exact) mass is 382 g/mol. The van der Waals surface area contributed by atoms with Crippen LogP contribution >= 0.6 is 11.3 Å². The third kappa shape index (κ3) is 3.17. The number of hydrogen-bond donors (Lipinski definition) is 0. The zero-order valence-corrected chi connectivity index (χ0v) is 15.4. The molecule has 0 aliphatic carbocycles. The average Bonchev–Trinajstić information content (AvgIpc) is 3.23. The Labute approximate surface area is 158 Å². The van der Waals surface area contributed by atoms with Gasteiger partial charge in [-0.25, -0.2) is 9.18 Å². The Balaban J connectivity index is 1.70. The number of ether oxygens (including phenoxy) is 2. The zero-order valence-electron chi connectivity index (χ0n) is 14.6. The molecule has 0 N–H and O–H groups in total. The highest BCUT2D eigenvalue weighted by Crippen LogP contribution is 2.35. The van der Waals surface area contributed by atoms with Crippen molar-refractivity contribution < 1.29 is 18.7 Å². The third-order valence-corrected chi connectivity index (χ3v) is 5.28. The van der Waals surface area contributed by atoms with Crippen molar-refractivity contribution in [3.8, 4) is 22.8 Å². The second-order valence-electron chi connectivity index (χ2n) is 5.85. The molecule has 0 radical (unpaired) electrons. The number of aromatic nitrogens is 2. The summed E-state index contributed by atoms with van der Waals surface area (Å²) in [6.45, 7) is 0. The summed E-state index contributed by atoms with van der Waals surface area (Å²) < 4.78 is 26.4.